The van der Waals surface area contributed by atoms with Crippen LogP contribution in [0, 0.1) is 13.8 Å². The van der Waals surface area contributed by atoms with E-state index in [2.05, 4.69) is 0 Å². The summed E-state index contributed by atoms with van der Waals surface area (Å²) < 4.78 is 23.4. The molecule has 4 aromatic carbocycles. The standard InChI is InChI=1S/C31H26O5/c1-21-8-12-25(13-9-21)33-18-19-34-27-16-17-28-29(20-27)35-22(2)31(30(28)32)36-26-14-10-24(11-15-26)23-6-4-3-5-7-23/h3-17,20H,18-19H2,1-2H3. The van der Waals surface area contributed by atoms with Crippen molar-refractivity contribution in [2.75, 3.05) is 13.2 Å². The minimum atomic E-state index is -0.227. The molecular formula is C31H26O5. The van der Waals surface area contributed by atoms with E-state index >= 15 is 0 Å². The van der Waals surface area contributed by atoms with Crippen molar-refractivity contribution in [1.82, 2.24) is 0 Å². The molecule has 0 atom stereocenters. The Morgan fingerprint density at radius 1 is 0.667 bits per heavy atom. The lowest BCUT2D eigenvalue weighted by molar-refractivity contribution is 0.217. The second-order valence-corrected chi connectivity index (χ2v) is 8.48. The maximum atomic E-state index is 13.1. The fraction of sp³-hybridized carbons (Fsp3) is 0.129. The molecule has 5 nitrogen and oxygen atoms in total. The zero-order valence-corrected chi connectivity index (χ0v) is 20.2. The van der Waals surface area contributed by atoms with Crippen LogP contribution >= 0.6 is 0 Å². The van der Waals surface area contributed by atoms with Crippen molar-refractivity contribution < 1.29 is 18.6 Å². The zero-order valence-electron chi connectivity index (χ0n) is 20.2. The number of aryl methyl sites for hydroxylation is 2. The Morgan fingerprint density at radius 3 is 2.00 bits per heavy atom. The van der Waals surface area contributed by atoms with Crippen molar-refractivity contribution in [2.45, 2.75) is 13.8 Å². The summed E-state index contributed by atoms with van der Waals surface area (Å²) >= 11 is 0. The van der Waals surface area contributed by atoms with Crippen molar-refractivity contribution in [3.8, 4) is 34.1 Å². The Morgan fingerprint density at radius 2 is 1.28 bits per heavy atom. The third kappa shape index (κ3) is 5.26. The topological polar surface area (TPSA) is 57.9 Å². The maximum absolute atomic E-state index is 13.1. The van der Waals surface area contributed by atoms with Gasteiger partial charge in [-0.3, -0.25) is 4.79 Å². The number of benzene rings is 4. The molecule has 1 heterocycles. The van der Waals surface area contributed by atoms with E-state index in [0.29, 0.717) is 41.4 Å². The molecule has 0 fully saturated rings. The van der Waals surface area contributed by atoms with Crippen LogP contribution in [-0.2, 0) is 0 Å². The molecule has 0 aliphatic rings. The smallest absolute Gasteiger partial charge is 0.235 e. The highest BCUT2D eigenvalue weighted by Crippen LogP contribution is 2.29. The molecule has 5 rings (SSSR count). The molecule has 0 amide bonds. The molecule has 0 radical (unpaired) electrons. The Hall–Kier alpha value is -4.51. The Bertz CT molecular complexity index is 1520. The SMILES string of the molecule is Cc1ccc(OCCOc2ccc3c(=O)c(Oc4ccc(-c5ccccc5)cc4)c(C)oc3c2)cc1. The van der Waals surface area contributed by atoms with Gasteiger partial charge in [-0.1, -0.05) is 60.2 Å². The fourth-order valence-corrected chi connectivity index (χ4v) is 3.89. The fourth-order valence-electron chi connectivity index (χ4n) is 3.89. The predicted molar refractivity (Wildman–Crippen MR) is 141 cm³/mol. The highest BCUT2D eigenvalue weighted by atomic mass is 16.5. The van der Waals surface area contributed by atoms with Gasteiger partial charge in [0.2, 0.25) is 11.2 Å². The molecule has 0 unspecified atom stereocenters. The molecule has 1 aromatic heterocycles. The predicted octanol–water partition coefficient (Wildman–Crippen LogP) is 7.33. The highest BCUT2D eigenvalue weighted by Gasteiger charge is 2.15. The van der Waals surface area contributed by atoms with Crippen LogP contribution in [0.4, 0.5) is 0 Å². The van der Waals surface area contributed by atoms with Crippen LogP contribution in [0.5, 0.6) is 23.0 Å². The van der Waals surface area contributed by atoms with Crippen LogP contribution in [0.1, 0.15) is 11.3 Å². The zero-order chi connectivity index (χ0) is 24.9. The van der Waals surface area contributed by atoms with E-state index < -0.39 is 0 Å². The van der Waals surface area contributed by atoms with Crippen LogP contribution in [0.2, 0.25) is 0 Å². The molecule has 36 heavy (non-hydrogen) atoms. The van der Waals surface area contributed by atoms with Crippen molar-refractivity contribution in [1.29, 1.82) is 0 Å². The minimum absolute atomic E-state index is 0.176. The first-order valence-corrected chi connectivity index (χ1v) is 11.8. The van der Waals surface area contributed by atoms with Crippen molar-refractivity contribution in [3.05, 3.63) is 119 Å². The van der Waals surface area contributed by atoms with Crippen molar-refractivity contribution in [3.63, 3.8) is 0 Å². The van der Waals surface area contributed by atoms with Gasteiger partial charge in [0.05, 0.1) is 5.39 Å². The Kier molecular flexibility index (Phi) is 6.72. The van der Waals surface area contributed by atoms with Gasteiger partial charge in [0.15, 0.2) is 0 Å². The first-order chi connectivity index (χ1) is 17.6. The summed E-state index contributed by atoms with van der Waals surface area (Å²) in [4.78, 5) is 13.1. The summed E-state index contributed by atoms with van der Waals surface area (Å²) in [7, 11) is 0. The van der Waals surface area contributed by atoms with Gasteiger partial charge in [0.25, 0.3) is 0 Å². The van der Waals surface area contributed by atoms with Gasteiger partial charge in [0.1, 0.15) is 41.8 Å². The van der Waals surface area contributed by atoms with Crippen LogP contribution < -0.4 is 19.6 Å². The molecule has 0 aliphatic heterocycles. The maximum Gasteiger partial charge on any atom is 0.235 e. The third-order valence-electron chi connectivity index (χ3n) is 5.81. The average Bonchev–Trinajstić information content (AvgIpc) is 2.91. The lowest BCUT2D eigenvalue weighted by Crippen LogP contribution is -2.10. The number of ether oxygens (including phenoxy) is 3. The van der Waals surface area contributed by atoms with Crippen LogP contribution in [0.3, 0.4) is 0 Å². The molecule has 0 spiro atoms. The van der Waals surface area contributed by atoms with Gasteiger partial charge in [-0.05, 0) is 61.4 Å². The third-order valence-corrected chi connectivity index (χ3v) is 5.81. The summed E-state index contributed by atoms with van der Waals surface area (Å²) in [6.45, 7) is 4.52. The summed E-state index contributed by atoms with van der Waals surface area (Å²) in [6, 6.07) is 30.7. The molecular weight excluding hydrogens is 452 g/mol. The van der Waals surface area contributed by atoms with Gasteiger partial charge < -0.3 is 18.6 Å². The second kappa shape index (κ2) is 10.4. The van der Waals surface area contributed by atoms with E-state index in [0.717, 1.165) is 16.9 Å². The molecule has 0 aliphatic carbocycles. The van der Waals surface area contributed by atoms with E-state index in [9.17, 15) is 4.79 Å². The molecule has 5 aromatic rings. The summed E-state index contributed by atoms with van der Waals surface area (Å²) in [5.74, 6) is 2.54. The van der Waals surface area contributed by atoms with Gasteiger partial charge in [-0.25, -0.2) is 0 Å². The average molecular weight is 479 g/mol. The largest absolute Gasteiger partial charge is 0.490 e. The molecule has 5 heteroatoms. The van der Waals surface area contributed by atoms with Gasteiger partial charge in [-0.2, -0.15) is 0 Å². The monoisotopic (exact) mass is 478 g/mol. The van der Waals surface area contributed by atoms with Gasteiger partial charge in [0, 0.05) is 6.07 Å². The lowest BCUT2D eigenvalue weighted by atomic mass is 10.1. The first-order valence-electron chi connectivity index (χ1n) is 11.8. The number of hydrogen-bond donors (Lipinski definition) is 0. The highest BCUT2D eigenvalue weighted by molar-refractivity contribution is 5.79. The van der Waals surface area contributed by atoms with E-state index in [-0.39, 0.29) is 11.2 Å². The van der Waals surface area contributed by atoms with Crippen LogP contribution in [-0.4, -0.2) is 13.2 Å². The lowest BCUT2D eigenvalue weighted by Gasteiger charge is -2.11. The molecule has 0 saturated heterocycles. The molecule has 0 saturated carbocycles. The van der Waals surface area contributed by atoms with Gasteiger partial charge >= 0.3 is 0 Å². The van der Waals surface area contributed by atoms with E-state index in [1.807, 2.05) is 85.8 Å². The quantitative estimate of drug-likeness (QED) is 0.219. The van der Waals surface area contributed by atoms with Crippen LogP contribution in [0.25, 0.3) is 22.1 Å². The summed E-state index contributed by atoms with van der Waals surface area (Å²) in [5.41, 5.74) is 3.59. The molecule has 0 bridgehead atoms. The van der Waals surface area contributed by atoms with E-state index in [1.54, 1.807) is 25.1 Å². The Balaban J connectivity index is 1.27. The Labute approximate surface area is 209 Å². The first kappa shape index (κ1) is 23.2. The van der Waals surface area contributed by atoms with Crippen molar-refractivity contribution >= 4 is 11.0 Å². The van der Waals surface area contributed by atoms with E-state index in [1.165, 1.54) is 5.56 Å². The van der Waals surface area contributed by atoms with Gasteiger partial charge in [-0.15, -0.1) is 0 Å². The minimum Gasteiger partial charge on any atom is -0.490 e. The van der Waals surface area contributed by atoms with Crippen LogP contribution in [0.15, 0.2) is 106 Å². The number of hydrogen-bond acceptors (Lipinski definition) is 5. The second-order valence-electron chi connectivity index (χ2n) is 8.48. The molecule has 180 valence electrons. The normalized spacial score (nSPS) is 10.8. The van der Waals surface area contributed by atoms with Crippen molar-refractivity contribution in [2.24, 2.45) is 0 Å². The summed E-state index contributed by atoms with van der Waals surface area (Å²) in [5, 5.41) is 0.430. The number of rotatable bonds is 8. The number of fused-ring (bicyclic) bond motifs is 1. The van der Waals surface area contributed by atoms with E-state index in [4.69, 9.17) is 18.6 Å². The summed E-state index contributed by atoms with van der Waals surface area (Å²) in [6.07, 6.45) is 0. The molecule has 0 N–H and O–H groups in total.